The van der Waals surface area contributed by atoms with Gasteiger partial charge in [0.15, 0.2) is 5.13 Å². The van der Waals surface area contributed by atoms with E-state index in [0.29, 0.717) is 32.9 Å². The fourth-order valence-corrected chi connectivity index (χ4v) is 5.37. The number of ether oxygens (including phenoxy) is 1. The highest BCUT2D eigenvalue weighted by Crippen LogP contribution is 2.33. The van der Waals surface area contributed by atoms with Crippen molar-refractivity contribution in [3.8, 4) is 0 Å². The second kappa shape index (κ2) is 10.2. The number of hydrogen-bond acceptors (Lipinski definition) is 8. The van der Waals surface area contributed by atoms with Crippen molar-refractivity contribution < 1.29 is 19.1 Å². The maximum absolute atomic E-state index is 12.8. The highest BCUT2D eigenvalue weighted by Gasteiger charge is 2.31. The van der Waals surface area contributed by atoms with E-state index in [0.717, 1.165) is 15.8 Å². The minimum Gasteiger partial charge on any atom is -0.465 e. The van der Waals surface area contributed by atoms with Crippen LogP contribution in [-0.2, 0) is 14.3 Å². The van der Waals surface area contributed by atoms with E-state index in [1.807, 2.05) is 24.3 Å². The molecular weight excluding hydrogens is 478 g/mol. The number of esters is 1. The number of para-hydroxylation sites is 1. The Morgan fingerprint density at radius 3 is 2.67 bits per heavy atom. The van der Waals surface area contributed by atoms with Gasteiger partial charge >= 0.3 is 5.97 Å². The van der Waals surface area contributed by atoms with Crippen molar-refractivity contribution in [2.45, 2.75) is 12.8 Å². The van der Waals surface area contributed by atoms with Crippen molar-refractivity contribution in [1.82, 2.24) is 9.88 Å². The summed E-state index contributed by atoms with van der Waals surface area (Å²) in [6.07, 6.45) is 2.46. The van der Waals surface area contributed by atoms with E-state index in [1.165, 1.54) is 35.1 Å². The zero-order chi connectivity index (χ0) is 23.4. The van der Waals surface area contributed by atoms with E-state index in [1.54, 1.807) is 30.3 Å². The Bertz CT molecular complexity index is 1230. The van der Waals surface area contributed by atoms with Gasteiger partial charge in [-0.2, -0.15) is 0 Å². The molecule has 0 spiro atoms. The second-order valence-corrected chi connectivity index (χ2v) is 9.79. The molecule has 0 radical (unpaired) electrons. The summed E-state index contributed by atoms with van der Waals surface area (Å²) >= 11 is 8.01. The number of thiazole rings is 1. The van der Waals surface area contributed by atoms with E-state index in [9.17, 15) is 14.4 Å². The minimum atomic E-state index is -0.417. The Kier molecular flexibility index (Phi) is 7.17. The van der Waals surface area contributed by atoms with Gasteiger partial charge in [-0.3, -0.25) is 14.5 Å². The Labute approximate surface area is 203 Å². The van der Waals surface area contributed by atoms with Crippen LogP contribution in [0.2, 0.25) is 0 Å². The highest BCUT2D eigenvalue weighted by atomic mass is 32.2. The van der Waals surface area contributed by atoms with Crippen molar-refractivity contribution in [2.75, 3.05) is 19.0 Å². The van der Waals surface area contributed by atoms with Crippen molar-refractivity contribution in [2.24, 2.45) is 0 Å². The molecule has 4 rings (SSSR count). The second-order valence-electron chi connectivity index (χ2n) is 7.09. The molecule has 0 unspecified atom stereocenters. The molecule has 168 valence electrons. The number of carbonyl (C=O) groups is 3. The first-order valence-electron chi connectivity index (χ1n) is 10.0. The van der Waals surface area contributed by atoms with Crippen LogP contribution < -0.4 is 5.32 Å². The summed E-state index contributed by atoms with van der Waals surface area (Å²) in [6, 6.07) is 14.5. The third-order valence-electron chi connectivity index (χ3n) is 4.83. The third-order valence-corrected chi connectivity index (χ3v) is 7.16. The Morgan fingerprint density at radius 1 is 1.18 bits per heavy atom. The summed E-state index contributed by atoms with van der Waals surface area (Å²) in [6.45, 7) is 0.358. The van der Waals surface area contributed by atoms with Crippen LogP contribution in [0.25, 0.3) is 16.3 Å². The van der Waals surface area contributed by atoms with E-state index in [2.05, 4.69) is 15.0 Å². The molecule has 1 fully saturated rings. The average Bonchev–Trinajstić information content (AvgIpc) is 3.34. The lowest BCUT2D eigenvalue weighted by molar-refractivity contribution is -0.122. The fourth-order valence-electron chi connectivity index (χ4n) is 3.18. The summed E-state index contributed by atoms with van der Waals surface area (Å²) in [4.78, 5) is 43.0. The van der Waals surface area contributed by atoms with Crippen molar-refractivity contribution in [1.29, 1.82) is 0 Å². The molecule has 3 aromatic rings. The number of thiocarbonyl (C=S) groups is 1. The Morgan fingerprint density at radius 2 is 1.94 bits per heavy atom. The van der Waals surface area contributed by atoms with Gasteiger partial charge in [-0.25, -0.2) is 9.78 Å². The summed E-state index contributed by atoms with van der Waals surface area (Å²) in [7, 11) is 1.33. The number of aromatic nitrogens is 1. The predicted octanol–water partition coefficient (Wildman–Crippen LogP) is 4.70. The molecule has 1 aliphatic heterocycles. The summed E-state index contributed by atoms with van der Waals surface area (Å²) in [5, 5.41) is 3.38. The monoisotopic (exact) mass is 497 g/mol. The number of benzene rings is 2. The Hall–Kier alpha value is -3.08. The van der Waals surface area contributed by atoms with Gasteiger partial charge in [0.1, 0.15) is 4.32 Å². The van der Waals surface area contributed by atoms with Gasteiger partial charge in [-0.15, -0.1) is 0 Å². The molecule has 1 N–H and O–H groups in total. The number of methoxy groups -OCH3 is 1. The summed E-state index contributed by atoms with van der Waals surface area (Å²) in [5.74, 6) is -0.755. The largest absolute Gasteiger partial charge is 0.465 e. The number of nitrogens with one attached hydrogen (secondary N) is 1. The van der Waals surface area contributed by atoms with Gasteiger partial charge in [0.25, 0.3) is 5.91 Å². The van der Waals surface area contributed by atoms with Crippen LogP contribution >= 0.6 is 35.3 Å². The Balaban J connectivity index is 1.31. The molecule has 0 atom stereocenters. The molecule has 0 aliphatic carbocycles. The van der Waals surface area contributed by atoms with E-state index < -0.39 is 5.97 Å². The van der Waals surface area contributed by atoms with E-state index in [-0.39, 0.29) is 18.2 Å². The maximum atomic E-state index is 12.8. The zero-order valence-corrected chi connectivity index (χ0v) is 20.0. The lowest BCUT2D eigenvalue weighted by Gasteiger charge is -2.13. The number of amides is 2. The highest BCUT2D eigenvalue weighted by molar-refractivity contribution is 8.26. The lowest BCUT2D eigenvalue weighted by Crippen LogP contribution is -2.29. The minimum absolute atomic E-state index is 0.152. The number of fused-ring (bicyclic) bond motifs is 1. The van der Waals surface area contributed by atoms with Crippen LogP contribution in [0.1, 0.15) is 28.8 Å². The van der Waals surface area contributed by atoms with Crippen LogP contribution in [0.5, 0.6) is 0 Å². The van der Waals surface area contributed by atoms with Crippen LogP contribution in [0.3, 0.4) is 0 Å². The molecule has 1 aromatic heterocycles. The van der Waals surface area contributed by atoms with Gasteiger partial charge in [0.05, 0.1) is 27.8 Å². The first-order chi connectivity index (χ1) is 15.9. The van der Waals surface area contributed by atoms with Gasteiger partial charge in [0, 0.05) is 13.0 Å². The topological polar surface area (TPSA) is 88.6 Å². The van der Waals surface area contributed by atoms with Gasteiger partial charge in [0.2, 0.25) is 5.91 Å². The molecule has 2 amide bonds. The van der Waals surface area contributed by atoms with Crippen molar-refractivity contribution >= 4 is 78.8 Å². The maximum Gasteiger partial charge on any atom is 0.337 e. The number of anilines is 1. The molecule has 1 aliphatic rings. The lowest BCUT2D eigenvalue weighted by atomic mass is 10.1. The number of hydrogen-bond donors (Lipinski definition) is 1. The van der Waals surface area contributed by atoms with Gasteiger partial charge < -0.3 is 10.1 Å². The molecule has 1 saturated heterocycles. The van der Waals surface area contributed by atoms with Crippen molar-refractivity contribution in [3.63, 3.8) is 0 Å². The standard InChI is InChI=1S/C23H19N3O4S3/c1-30-21(29)15-10-8-14(9-11-15)13-18-20(28)26(23(31)33-18)12-4-7-19(27)25-22-24-16-5-2-3-6-17(16)32-22/h2-3,5-6,8-11,13H,4,7,12H2,1H3,(H,24,25,27)/b18-13+. The number of thioether (sulfide) groups is 1. The fraction of sp³-hybridized carbons (Fsp3) is 0.174. The molecule has 0 saturated carbocycles. The van der Waals surface area contributed by atoms with Crippen molar-refractivity contribution in [3.05, 3.63) is 64.6 Å². The summed E-state index contributed by atoms with van der Waals surface area (Å²) in [5.41, 5.74) is 2.06. The van der Waals surface area contributed by atoms with Crippen LogP contribution in [0, 0.1) is 0 Å². The normalized spacial score (nSPS) is 14.8. The van der Waals surface area contributed by atoms with E-state index >= 15 is 0 Å². The average molecular weight is 498 g/mol. The molecule has 2 heterocycles. The molecular formula is C23H19N3O4S3. The number of nitrogens with zero attached hydrogens (tertiary/aromatic N) is 2. The molecule has 7 nitrogen and oxygen atoms in total. The summed E-state index contributed by atoms with van der Waals surface area (Å²) < 4.78 is 6.16. The smallest absolute Gasteiger partial charge is 0.337 e. The molecule has 33 heavy (non-hydrogen) atoms. The first kappa shape index (κ1) is 23.1. The molecule has 2 aromatic carbocycles. The zero-order valence-electron chi connectivity index (χ0n) is 17.6. The first-order valence-corrected chi connectivity index (χ1v) is 12.1. The quantitative estimate of drug-likeness (QED) is 0.287. The third kappa shape index (κ3) is 5.47. The van der Waals surface area contributed by atoms with Crippen LogP contribution in [-0.4, -0.2) is 45.6 Å². The van der Waals surface area contributed by atoms with E-state index in [4.69, 9.17) is 12.2 Å². The van der Waals surface area contributed by atoms with Crippen LogP contribution in [0.4, 0.5) is 5.13 Å². The van der Waals surface area contributed by atoms with Gasteiger partial charge in [-0.05, 0) is 42.3 Å². The molecule has 10 heteroatoms. The van der Waals surface area contributed by atoms with Gasteiger partial charge in [-0.1, -0.05) is 59.6 Å². The number of rotatable bonds is 7. The molecule has 0 bridgehead atoms. The van der Waals surface area contributed by atoms with Crippen LogP contribution in [0.15, 0.2) is 53.4 Å². The predicted molar refractivity (Wildman–Crippen MR) is 135 cm³/mol. The SMILES string of the molecule is COC(=O)c1ccc(/C=C2/SC(=S)N(CCCC(=O)Nc3nc4ccccc4s3)C2=O)cc1. The number of carbonyl (C=O) groups excluding carboxylic acids is 3.